The first-order valence-corrected chi connectivity index (χ1v) is 29.3. The van der Waals surface area contributed by atoms with Gasteiger partial charge in [-0.15, -0.1) is 0 Å². The van der Waals surface area contributed by atoms with Crippen LogP contribution < -0.4 is 10.6 Å². The molecule has 16 nitrogen and oxygen atoms in total. The summed E-state index contributed by atoms with van der Waals surface area (Å²) in [5, 5.41) is 15.7. The Kier molecular flexibility index (Phi) is 23.9. The van der Waals surface area contributed by atoms with Gasteiger partial charge in [-0.05, 0) is 148 Å². The maximum absolute atomic E-state index is 13.2. The lowest BCUT2D eigenvalue weighted by atomic mass is 9.80. The Hall–Kier alpha value is -7.41. The minimum Gasteiger partial charge on any atom is -0.437 e. The van der Waals surface area contributed by atoms with Crippen LogP contribution in [0.25, 0.3) is 0 Å². The molecular weight excluding hydrogens is 1030 g/mol. The van der Waals surface area contributed by atoms with E-state index in [4.69, 9.17) is 0 Å². The van der Waals surface area contributed by atoms with E-state index in [0.29, 0.717) is 35.7 Å². The quantitative estimate of drug-likeness (QED) is 0.0621. The number of likely N-dealkylation sites (tertiary alicyclic amines) is 1. The predicted molar refractivity (Wildman–Crippen MR) is 322 cm³/mol. The van der Waals surface area contributed by atoms with Crippen molar-refractivity contribution in [1.29, 1.82) is 0 Å². The molecule has 4 amide bonds. The zero-order valence-corrected chi connectivity index (χ0v) is 47.7. The molecule has 430 valence electrons. The van der Waals surface area contributed by atoms with E-state index in [2.05, 4.69) is 76.6 Å². The Morgan fingerprint density at radius 2 is 0.841 bits per heavy atom. The van der Waals surface area contributed by atoms with Crippen LogP contribution in [0.2, 0.25) is 6.82 Å². The third-order valence-corrected chi connectivity index (χ3v) is 16.0. The molecule has 0 saturated carbocycles. The molecule has 82 heavy (non-hydrogen) atoms. The third-order valence-electron chi connectivity index (χ3n) is 16.0. The monoisotopic (exact) mass is 1110 g/mol. The van der Waals surface area contributed by atoms with Crippen LogP contribution in [0.5, 0.6) is 0 Å². The van der Waals surface area contributed by atoms with Crippen LogP contribution in [0, 0.1) is 11.8 Å². The summed E-state index contributed by atoms with van der Waals surface area (Å²) in [6, 6.07) is 43.5. The van der Waals surface area contributed by atoms with E-state index < -0.39 is 7.05 Å². The number of aldehydes is 1. The van der Waals surface area contributed by atoms with Crippen LogP contribution >= 0.6 is 0 Å². The second-order valence-electron chi connectivity index (χ2n) is 21.8. The van der Waals surface area contributed by atoms with Crippen molar-refractivity contribution in [3.63, 3.8) is 0 Å². The van der Waals surface area contributed by atoms with Crippen molar-refractivity contribution >= 4 is 37.0 Å². The molecule has 0 spiro atoms. The largest absolute Gasteiger partial charge is 0.437 e. The summed E-state index contributed by atoms with van der Waals surface area (Å²) in [5.41, 5.74) is 8.12. The Labute approximate surface area is 485 Å². The number of aromatic nitrogens is 2. The number of hydrogen-bond acceptors (Lipinski definition) is 12. The highest BCUT2D eigenvalue weighted by Crippen LogP contribution is 2.24. The van der Waals surface area contributed by atoms with E-state index in [1.165, 1.54) is 27.8 Å². The average Bonchev–Trinajstić information content (AvgIpc) is 3.54. The van der Waals surface area contributed by atoms with Crippen molar-refractivity contribution in [1.82, 2.24) is 49.9 Å². The fourth-order valence-electron chi connectivity index (χ4n) is 11.0. The molecule has 10 rings (SSSR count). The molecule has 0 radical (unpaired) electrons. The lowest BCUT2D eigenvalue weighted by Crippen LogP contribution is -2.52. The Morgan fingerprint density at radius 3 is 1.22 bits per heavy atom. The zero-order valence-electron chi connectivity index (χ0n) is 47.7. The first-order valence-electron chi connectivity index (χ1n) is 29.3. The summed E-state index contributed by atoms with van der Waals surface area (Å²) in [6.07, 6.45) is 12.8. The molecule has 4 fully saturated rings. The minimum absolute atomic E-state index is 0.0344. The van der Waals surface area contributed by atoms with Crippen molar-refractivity contribution in [2.75, 3.05) is 91.6 Å². The molecule has 4 aliphatic rings. The van der Waals surface area contributed by atoms with Crippen molar-refractivity contribution in [2.45, 2.75) is 65.0 Å². The molecule has 4 aromatic carbocycles. The zero-order chi connectivity index (χ0) is 57.3. The molecule has 0 bridgehead atoms. The van der Waals surface area contributed by atoms with E-state index in [9.17, 15) is 29.0 Å². The fraction of sp³-hybridized carbons (Fsp3) is 0.400. The normalized spacial score (nSPS) is 16.6. The number of nitrogens with one attached hydrogen (secondary N) is 2. The second kappa shape index (κ2) is 32.3. The number of amides is 4. The first-order chi connectivity index (χ1) is 40.1. The fourth-order valence-corrected chi connectivity index (χ4v) is 11.0. The molecule has 4 aliphatic heterocycles. The lowest BCUT2D eigenvalue weighted by molar-refractivity contribution is -0.139. The van der Waals surface area contributed by atoms with E-state index in [-0.39, 0.29) is 29.6 Å². The highest BCUT2D eigenvalue weighted by molar-refractivity contribution is 6.45. The van der Waals surface area contributed by atoms with Gasteiger partial charge in [-0.25, -0.2) is 0 Å². The van der Waals surface area contributed by atoms with E-state index in [0.717, 1.165) is 143 Å². The SMILES string of the molecule is CB(O)N1CCC(C(=O)N2CCN(Cc3ccc(C(=O)NCCc4ccccc4)cc3)CC2)CC1.O=C(NCCc1ccccc1)c1ccc(CN2CCN(C(=O)C3CCN(Cc4ccncc4)CC3)CC2)cc1.O=Cc1ccncc1. The maximum Gasteiger partial charge on any atom is 0.376 e. The number of carbonyl (C=O) groups is 5. The van der Waals surface area contributed by atoms with Crippen LogP contribution in [0.4, 0.5) is 0 Å². The van der Waals surface area contributed by atoms with Crippen molar-refractivity contribution < 1.29 is 29.0 Å². The van der Waals surface area contributed by atoms with E-state index in [1.54, 1.807) is 31.3 Å². The van der Waals surface area contributed by atoms with Gasteiger partial charge >= 0.3 is 7.05 Å². The summed E-state index contributed by atoms with van der Waals surface area (Å²) < 4.78 is 0. The summed E-state index contributed by atoms with van der Waals surface area (Å²) >= 11 is 0. The number of rotatable bonds is 18. The number of hydrogen-bond donors (Lipinski definition) is 3. The van der Waals surface area contributed by atoms with Gasteiger partial charge in [0.1, 0.15) is 6.29 Å². The number of benzene rings is 4. The highest BCUT2D eigenvalue weighted by atomic mass is 16.2. The van der Waals surface area contributed by atoms with Crippen molar-refractivity contribution in [3.8, 4) is 0 Å². The molecule has 3 N–H and O–H groups in total. The second-order valence-corrected chi connectivity index (χ2v) is 21.8. The van der Waals surface area contributed by atoms with Crippen molar-refractivity contribution in [3.05, 3.63) is 203 Å². The van der Waals surface area contributed by atoms with Gasteiger partial charge in [0.2, 0.25) is 11.8 Å². The number of nitrogens with zero attached hydrogens (tertiary/aromatic N) is 8. The first kappa shape index (κ1) is 60.7. The molecule has 6 aromatic rings. The van der Waals surface area contributed by atoms with Gasteiger partial charge in [0.05, 0.1) is 0 Å². The van der Waals surface area contributed by atoms with Crippen molar-refractivity contribution in [2.24, 2.45) is 11.8 Å². The van der Waals surface area contributed by atoms with Gasteiger partial charge in [0.25, 0.3) is 11.8 Å². The molecule has 17 heteroatoms. The van der Waals surface area contributed by atoms with Crippen LogP contribution in [0.1, 0.15) is 84.6 Å². The molecule has 0 unspecified atom stereocenters. The number of piperidine rings is 2. The molecular formula is C65H81BN10O6. The molecule has 4 saturated heterocycles. The Morgan fingerprint density at radius 1 is 0.476 bits per heavy atom. The smallest absolute Gasteiger partial charge is 0.376 e. The topological polar surface area (TPSA) is 175 Å². The molecule has 0 atom stereocenters. The van der Waals surface area contributed by atoms with Gasteiger partial charge in [0.15, 0.2) is 0 Å². The van der Waals surface area contributed by atoms with E-state index in [1.807, 2.05) is 107 Å². The lowest BCUT2D eigenvalue weighted by Gasteiger charge is -2.38. The number of piperazine rings is 2. The summed E-state index contributed by atoms with van der Waals surface area (Å²) in [7, 11) is -0.433. The predicted octanol–water partition coefficient (Wildman–Crippen LogP) is 6.63. The van der Waals surface area contributed by atoms with Crippen LogP contribution in [0.3, 0.4) is 0 Å². The van der Waals surface area contributed by atoms with Gasteiger partial charge in [-0.3, -0.25) is 48.6 Å². The minimum atomic E-state index is -0.433. The average molecular weight is 1110 g/mol. The Balaban J connectivity index is 0.000000190. The summed E-state index contributed by atoms with van der Waals surface area (Å²) in [4.78, 5) is 82.2. The standard InChI is InChI=1S/C32H39N5O2.C27H37BN4O3.C6H5NO/c38-31(34-17-12-26-4-2-1-3-5-26)29-8-6-27(7-9-29)24-36-20-22-37(23-21-36)32(39)30-13-18-35(19-14-30)25-28-10-15-33-16-11-28;1-28(35)32-15-12-25(13-16-32)27(34)31-19-17-30(18-20-31)21-23-7-9-24(10-8-23)26(33)29-14-11-22-5-3-2-4-6-22;8-5-6-1-3-7-4-2-6/h1-11,15-16,30H,12-14,17-25H2,(H,34,38);2-10,25,35H,11-21H2,1H3,(H,29,33);1-5H. The van der Waals surface area contributed by atoms with Crippen LogP contribution in [-0.4, -0.2) is 173 Å². The summed E-state index contributed by atoms with van der Waals surface area (Å²) in [5.74, 6) is 0.768. The molecule has 2 aromatic heterocycles. The highest BCUT2D eigenvalue weighted by Gasteiger charge is 2.33. The Bertz CT molecular complexity index is 2860. The van der Waals surface area contributed by atoms with Gasteiger partial charge in [-0.2, -0.15) is 0 Å². The van der Waals surface area contributed by atoms with E-state index >= 15 is 0 Å². The van der Waals surface area contributed by atoms with Gasteiger partial charge < -0.3 is 30.3 Å². The third kappa shape index (κ3) is 19.4. The number of pyridine rings is 2. The van der Waals surface area contributed by atoms with Crippen LogP contribution in [0.15, 0.2) is 158 Å². The van der Waals surface area contributed by atoms with Crippen LogP contribution in [-0.2, 0) is 42.1 Å². The summed E-state index contributed by atoms with van der Waals surface area (Å²) in [6.45, 7) is 15.7. The molecule has 6 heterocycles. The van der Waals surface area contributed by atoms with Gasteiger partial charge in [0, 0.05) is 138 Å². The maximum atomic E-state index is 13.2. The van der Waals surface area contributed by atoms with Gasteiger partial charge in [-0.1, -0.05) is 84.9 Å². The number of carbonyl (C=O) groups excluding carboxylic acids is 5. The molecule has 0 aliphatic carbocycles.